The van der Waals surface area contributed by atoms with Gasteiger partial charge in [0.15, 0.2) is 0 Å². The molecule has 4 rings (SSSR count). The topological polar surface area (TPSA) is 21.3 Å². The van der Waals surface area contributed by atoms with Crippen molar-refractivity contribution in [3.63, 3.8) is 0 Å². The van der Waals surface area contributed by atoms with E-state index < -0.39 is 0 Å². The Hall–Kier alpha value is -1.80. The van der Waals surface area contributed by atoms with E-state index in [0.717, 1.165) is 13.0 Å². The van der Waals surface area contributed by atoms with Crippen molar-refractivity contribution in [2.24, 2.45) is 5.92 Å². The van der Waals surface area contributed by atoms with Crippen molar-refractivity contribution in [1.82, 2.24) is 0 Å². The van der Waals surface area contributed by atoms with Crippen LogP contribution in [0.15, 0.2) is 36.4 Å². The summed E-state index contributed by atoms with van der Waals surface area (Å²) in [5.74, 6) is 0.523. The second kappa shape index (κ2) is 5.13. The molecule has 2 aliphatic heterocycles. The van der Waals surface area contributed by atoms with Crippen LogP contribution in [0.3, 0.4) is 0 Å². The molecule has 2 heterocycles. The first-order chi connectivity index (χ1) is 10.6. The Morgan fingerprint density at radius 3 is 2.50 bits per heavy atom. The molecule has 0 radical (unpaired) electrons. The predicted octanol–water partition coefficient (Wildman–Crippen LogP) is 4.86. The van der Waals surface area contributed by atoms with Crippen LogP contribution in [0.25, 0.3) is 0 Å². The van der Waals surface area contributed by atoms with Gasteiger partial charge in [0.2, 0.25) is 0 Å². The highest BCUT2D eigenvalue weighted by atomic mass is 16.5. The summed E-state index contributed by atoms with van der Waals surface area (Å²) in [6.07, 6.45) is 1.37. The highest BCUT2D eigenvalue weighted by Crippen LogP contribution is 2.50. The second-order valence-electron chi connectivity index (χ2n) is 6.82. The van der Waals surface area contributed by atoms with E-state index in [0.29, 0.717) is 12.0 Å². The fraction of sp³-hybridized carbons (Fsp3) is 0.400. The summed E-state index contributed by atoms with van der Waals surface area (Å²) >= 11 is 0. The molecular formula is C20H23NO. The molecule has 0 spiro atoms. The van der Waals surface area contributed by atoms with E-state index >= 15 is 0 Å². The Morgan fingerprint density at radius 2 is 1.68 bits per heavy atom. The van der Waals surface area contributed by atoms with Crippen LogP contribution in [0, 0.1) is 26.7 Å². The minimum absolute atomic E-state index is 0.237. The molecule has 2 aromatic rings. The van der Waals surface area contributed by atoms with E-state index in [1.165, 1.54) is 33.5 Å². The number of aryl methyl sites for hydroxylation is 3. The molecule has 1 N–H and O–H groups in total. The number of rotatable bonds is 1. The standard InChI is InChI=1S/C20H23NO/c1-12-4-6-14(3)16(10-12)19-15-8-9-22-20(15)17-11-13(2)5-7-18(17)21-19/h4-7,10-11,15,19-21H,8-9H2,1-3H3/t15-,19+,20-/m0/s1. The Kier molecular flexibility index (Phi) is 3.23. The van der Waals surface area contributed by atoms with Gasteiger partial charge in [0.05, 0.1) is 12.1 Å². The summed E-state index contributed by atoms with van der Waals surface area (Å²) in [6.45, 7) is 7.41. The maximum Gasteiger partial charge on any atom is 0.0896 e. The fourth-order valence-corrected chi connectivity index (χ4v) is 3.99. The van der Waals surface area contributed by atoms with E-state index in [4.69, 9.17) is 4.74 Å². The quantitative estimate of drug-likeness (QED) is 0.811. The van der Waals surface area contributed by atoms with Crippen LogP contribution in [0.4, 0.5) is 5.69 Å². The lowest BCUT2D eigenvalue weighted by Crippen LogP contribution is -2.29. The fourth-order valence-electron chi connectivity index (χ4n) is 3.99. The highest BCUT2D eigenvalue weighted by molar-refractivity contribution is 5.59. The molecule has 1 fully saturated rings. The number of hydrogen-bond donors (Lipinski definition) is 1. The van der Waals surface area contributed by atoms with Crippen molar-refractivity contribution in [3.05, 3.63) is 64.2 Å². The number of hydrogen-bond acceptors (Lipinski definition) is 2. The van der Waals surface area contributed by atoms with Crippen LogP contribution < -0.4 is 5.32 Å². The van der Waals surface area contributed by atoms with E-state index in [2.05, 4.69) is 62.5 Å². The lowest BCUT2D eigenvalue weighted by Gasteiger charge is -2.37. The molecule has 0 amide bonds. The molecule has 2 heteroatoms. The Labute approximate surface area is 132 Å². The van der Waals surface area contributed by atoms with Gasteiger partial charge in [-0.1, -0.05) is 41.5 Å². The lowest BCUT2D eigenvalue weighted by atomic mass is 9.79. The van der Waals surface area contributed by atoms with Gasteiger partial charge in [-0.2, -0.15) is 0 Å². The highest BCUT2D eigenvalue weighted by Gasteiger charge is 2.41. The van der Waals surface area contributed by atoms with Gasteiger partial charge >= 0.3 is 0 Å². The molecule has 2 nitrogen and oxygen atoms in total. The first-order valence-corrected chi connectivity index (χ1v) is 8.19. The third-order valence-corrected chi connectivity index (χ3v) is 5.16. The zero-order chi connectivity index (χ0) is 15.3. The van der Waals surface area contributed by atoms with Gasteiger partial charge in [0.25, 0.3) is 0 Å². The maximum absolute atomic E-state index is 6.12. The molecule has 0 bridgehead atoms. The number of anilines is 1. The number of ether oxygens (including phenoxy) is 1. The monoisotopic (exact) mass is 293 g/mol. The maximum atomic E-state index is 6.12. The Morgan fingerprint density at radius 1 is 0.955 bits per heavy atom. The molecule has 1 saturated heterocycles. The predicted molar refractivity (Wildman–Crippen MR) is 90.3 cm³/mol. The van der Waals surface area contributed by atoms with Crippen molar-refractivity contribution < 1.29 is 4.74 Å². The first-order valence-electron chi connectivity index (χ1n) is 8.19. The largest absolute Gasteiger partial charge is 0.378 e. The normalized spacial score (nSPS) is 26.2. The summed E-state index contributed by atoms with van der Waals surface area (Å²) in [5.41, 5.74) is 7.99. The third kappa shape index (κ3) is 2.14. The minimum Gasteiger partial charge on any atom is -0.378 e. The van der Waals surface area contributed by atoms with Crippen molar-refractivity contribution in [2.75, 3.05) is 11.9 Å². The smallest absolute Gasteiger partial charge is 0.0896 e. The van der Waals surface area contributed by atoms with Gasteiger partial charge in [-0.25, -0.2) is 0 Å². The van der Waals surface area contributed by atoms with Crippen LogP contribution in [0.2, 0.25) is 0 Å². The molecule has 2 aliphatic rings. The molecule has 3 atom stereocenters. The molecule has 0 aliphatic carbocycles. The average Bonchev–Trinajstić information content (AvgIpc) is 2.99. The zero-order valence-electron chi connectivity index (χ0n) is 13.5. The Bertz CT molecular complexity index is 722. The number of benzene rings is 2. The van der Waals surface area contributed by atoms with Gasteiger partial charge in [-0.15, -0.1) is 0 Å². The molecule has 114 valence electrons. The van der Waals surface area contributed by atoms with Crippen LogP contribution >= 0.6 is 0 Å². The van der Waals surface area contributed by atoms with E-state index in [-0.39, 0.29) is 6.10 Å². The van der Waals surface area contributed by atoms with Crippen LogP contribution in [0.5, 0.6) is 0 Å². The summed E-state index contributed by atoms with van der Waals surface area (Å²) in [5, 5.41) is 3.80. The van der Waals surface area contributed by atoms with E-state index in [1.54, 1.807) is 0 Å². The van der Waals surface area contributed by atoms with Gasteiger partial charge in [0, 0.05) is 23.8 Å². The van der Waals surface area contributed by atoms with Crippen molar-refractivity contribution >= 4 is 5.69 Å². The number of fused-ring (bicyclic) bond motifs is 3. The van der Waals surface area contributed by atoms with Crippen molar-refractivity contribution in [2.45, 2.75) is 39.3 Å². The SMILES string of the molecule is Cc1ccc2c(c1)[C@H]1OCC[C@H]1[C@H](c1cc(C)ccc1C)N2. The summed E-state index contributed by atoms with van der Waals surface area (Å²) in [4.78, 5) is 0. The van der Waals surface area contributed by atoms with Crippen LogP contribution in [-0.4, -0.2) is 6.61 Å². The van der Waals surface area contributed by atoms with Crippen molar-refractivity contribution in [3.8, 4) is 0 Å². The molecule has 0 unspecified atom stereocenters. The minimum atomic E-state index is 0.237. The molecular weight excluding hydrogens is 270 g/mol. The average molecular weight is 293 g/mol. The van der Waals surface area contributed by atoms with E-state index in [1.807, 2.05) is 0 Å². The lowest BCUT2D eigenvalue weighted by molar-refractivity contribution is 0.0828. The van der Waals surface area contributed by atoms with Gasteiger partial charge in [-0.3, -0.25) is 0 Å². The summed E-state index contributed by atoms with van der Waals surface area (Å²) in [6, 6.07) is 13.8. The van der Waals surface area contributed by atoms with Gasteiger partial charge in [0.1, 0.15) is 0 Å². The number of nitrogens with one attached hydrogen (secondary N) is 1. The van der Waals surface area contributed by atoms with E-state index in [9.17, 15) is 0 Å². The Balaban J connectivity index is 1.82. The van der Waals surface area contributed by atoms with Gasteiger partial charge < -0.3 is 10.1 Å². The molecule has 22 heavy (non-hydrogen) atoms. The molecule has 0 saturated carbocycles. The first kappa shape index (κ1) is 13.8. The van der Waals surface area contributed by atoms with Crippen molar-refractivity contribution in [1.29, 1.82) is 0 Å². The summed E-state index contributed by atoms with van der Waals surface area (Å²) in [7, 11) is 0. The second-order valence-corrected chi connectivity index (χ2v) is 6.82. The van der Waals surface area contributed by atoms with Gasteiger partial charge in [-0.05, 0) is 44.4 Å². The zero-order valence-corrected chi connectivity index (χ0v) is 13.5. The third-order valence-electron chi connectivity index (χ3n) is 5.16. The summed E-state index contributed by atoms with van der Waals surface area (Å²) < 4.78 is 6.12. The van der Waals surface area contributed by atoms with Crippen LogP contribution in [0.1, 0.15) is 46.4 Å². The molecule has 2 aromatic carbocycles. The molecule has 0 aromatic heterocycles. The van der Waals surface area contributed by atoms with Crippen LogP contribution in [-0.2, 0) is 4.74 Å².